The second kappa shape index (κ2) is 4.41. The van der Waals surface area contributed by atoms with Gasteiger partial charge in [0.2, 0.25) is 0 Å². The Hall–Kier alpha value is -0.900. The molecule has 0 aromatic carbocycles. The first-order chi connectivity index (χ1) is 8.31. The molecule has 3 rings (SSSR count). The first-order valence-electron chi connectivity index (χ1n) is 6.92. The molecule has 4 nitrogen and oxygen atoms in total. The monoisotopic (exact) mass is 234 g/mol. The standard InChI is InChI=1S/C13H22N4/c1-2-17-12(10-15-16-17)9-14-11-3-5-13(6-4-11)7-8-13/h10-11,14H,2-9H2,1H3. The van der Waals surface area contributed by atoms with Crippen LogP contribution in [-0.2, 0) is 13.1 Å². The van der Waals surface area contributed by atoms with Crippen molar-refractivity contribution in [2.45, 2.75) is 64.6 Å². The average Bonchev–Trinajstić information content (AvgIpc) is 2.96. The molecule has 0 unspecified atom stereocenters. The van der Waals surface area contributed by atoms with Gasteiger partial charge in [-0.05, 0) is 50.9 Å². The van der Waals surface area contributed by atoms with Gasteiger partial charge in [0.1, 0.15) is 0 Å². The van der Waals surface area contributed by atoms with E-state index < -0.39 is 0 Å². The second-order valence-electron chi connectivity index (χ2n) is 5.70. The maximum absolute atomic E-state index is 4.06. The third kappa shape index (κ3) is 2.37. The van der Waals surface area contributed by atoms with Gasteiger partial charge in [-0.3, -0.25) is 0 Å². The van der Waals surface area contributed by atoms with Gasteiger partial charge in [0.25, 0.3) is 0 Å². The summed E-state index contributed by atoms with van der Waals surface area (Å²) in [7, 11) is 0. The molecule has 94 valence electrons. The van der Waals surface area contributed by atoms with Crippen LogP contribution in [0.15, 0.2) is 6.20 Å². The Balaban J connectivity index is 1.48. The van der Waals surface area contributed by atoms with Crippen molar-refractivity contribution in [3.63, 3.8) is 0 Å². The molecule has 2 aliphatic rings. The molecule has 1 heterocycles. The fourth-order valence-corrected chi connectivity index (χ4v) is 3.04. The van der Waals surface area contributed by atoms with E-state index in [1.54, 1.807) is 0 Å². The van der Waals surface area contributed by atoms with Crippen molar-refractivity contribution in [3.05, 3.63) is 11.9 Å². The maximum atomic E-state index is 4.06. The van der Waals surface area contributed by atoms with Gasteiger partial charge >= 0.3 is 0 Å². The van der Waals surface area contributed by atoms with Crippen molar-refractivity contribution in [2.24, 2.45) is 5.41 Å². The lowest BCUT2D eigenvalue weighted by atomic mass is 9.83. The summed E-state index contributed by atoms with van der Waals surface area (Å²) in [5, 5.41) is 11.7. The van der Waals surface area contributed by atoms with Crippen molar-refractivity contribution in [3.8, 4) is 0 Å². The van der Waals surface area contributed by atoms with Crippen LogP contribution in [0.4, 0.5) is 0 Å². The lowest BCUT2D eigenvalue weighted by molar-refractivity contribution is 0.272. The van der Waals surface area contributed by atoms with E-state index in [-0.39, 0.29) is 0 Å². The zero-order valence-electron chi connectivity index (χ0n) is 10.7. The number of nitrogens with one attached hydrogen (secondary N) is 1. The second-order valence-corrected chi connectivity index (χ2v) is 5.70. The highest BCUT2D eigenvalue weighted by molar-refractivity contribution is 4.99. The van der Waals surface area contributed by atoms with Crippen LogP contribution in [0.25, 0.3) is 0 Å². The molecular weight excluding hydrogens is 212 g/mol. The first kappa shape index (κ1) is 11.2. The average molecular weight is 234 g/mol. The molecular formula is C13H22N4. The molecule has 0 bridgehead atoms. The highest BCUT2D eigenvalue weighted by atomic mass is 15.4. The largest absolute Gasteiger partial charge is 0.308 e. The molecule has 0 aliphatic heterocycles. The lowest BCUT2D eigenvalue weighted by Crippen LogP contribution is -2.33. The van der Waals surface area contributed by atoms with Crippen LogP contribution < -0.4 is 5.32 Å². The number of aromatic nitrogens is 3. The van der Waals surface area contributed by atoms with Crippen LogP contribution in [-0.4, -0.2) is 21.0 Å². The van der Waals surface area contributed by atoms with Crippen LogP contribution in [0.3, 0.4) is 0 Å². The van der Waals surface area contributed by atoms with E-state index >= 15 is 0 Å². The summed E-state index contributed by atoms with van der Waals surface area (Å²) >= 11 is 0. The maximum Gasteiger partial charge on any atom is 0.0738 e. The Bertz CT molecular complexity index is 371. The van der Waals surface area contributed by atoms with Gasteiger partial charge in [0, 0.05) is 19.1 Å². The number of hydrogen-bond donors (Lipinski definition) is 1. The molecule has 0 radical (unpaired) electrons. The molecule has 1 aromatic rings. The molecule has 2 fully saturated rings. The van der Waals surface area contributed by atoms with Crippen molar-refractivity contribution < 1.29 is 0 Å². The van der Waals surface area contributed by atoms with E-state index in [0.29, 0.717) is 6.04 Å². The molecule has 17 heavy (non-hydrogen) atoms. The number of nitrogens with zero attached hydrogens (tertiary/aromatic N) is 3. The molecule has 2 saturated carbocycles. The predicted molar refractivity (Wildman–Crippen MR) is 66.5 cm³/mol. The highest BCUT2D eigenvalue weighted by Crippen LogP contribution is 2.56. The van der Waals surface area contributed by atoms with E-state index in [1.165, 1.54) is 44.2 Å². The van der Waals surface area contributed by atoms with Crippen molar-refractivity contribution in [1.82, 2.24) is 20.3 Å². The molecule has 0 saturated heterocycles. The molecule has 1 aromatic heterocycles. The van der Waals surface area contributed by atoms with Gasteiger partial charge in [-0.15, -0.1) is 5.10 Å². The summed E-state index contributed by atoms with van der Waals surface area (Å²) in [6.45, 7) is 3.93. The van der Waals surface area contributed by atoms with Crippen LogP contribution in [0.2, 0.25) is 0 Å². The van der Waals surface area contributed by atoms with Crippen LogP contribution in [0.1, 0.15) is 51.1 Å². The minimum absolute atomic E-state index is 0.710. The van der Waals surface area contributed by atoms with E-state index in [4.69, 9.17) is 0 Å². The number of rotatable bonds is 4. The summed E-state index contributed by atoms with van der Waals surface area (Å²) in [6, 6.07) is 0.710. The fourth-order valence-electron chi connectivity index (χ4n) is 3.04. The lowest BCUT2D eigenvalue weighted by Gasteiger charge is -2.29. The Morgan fingerprint density at radius 2 is 2.12 bits per heavy atom. The normalized spacial score (nSPS) is 23.1. The summed E-state index contributed by atoms with van der Waals surface area (Å²) in [6.07, 6.45) is 10.5. The van der Waals surface area contributed by atoms with E-state index in [0.717, 1.165) is 18.5 Å². The topological polar surface area (TPSA) is 42.7 Å². The van der Waals surface area contributed by atoms with Crippen molar-refractivity contribution in [2.75, 3.05) is 0 Å². The molecule has 0 amide bonds. The number of aryl methyl sites for hydroxylation is 1. The van der Waals surface area contributed by atoms with E-state index in [9.17, 15) is 0 Å². The van der Waals surface area contributed by atoms with Crippen LogP contribution in [0, 0.1) is 5.41 Å². The van der Waals surface area contributed by atoms with Gasteiger partial charge in [-0.25, -0.2) is 4.68 Å². The Morgan fingerprint density at radius 3 is 2.76 bits per heavy atom. The fraction of sp³-hybridized carbons (Fsp3) is 0.846. The van der Waals surface area contributed by atoms with Crippen molar-refractivity contribution in [1.29, 1.82) is 0 Å². The summed E-state index contributed by atoms with van der Waals surface area (Å²) < 4.78 is 1.97. The van der Waals surface area contributed by atoms with Gasteiger partial charge < -0.3 is 5.32 Å². The molecule has 2 aliphatic carbocycles. The minimum Gasteiger partial charge on any atom is -0.308 e. The van der Waals surface area contributed by atoms with Crippen LogP contribution >= 0.6 is 0 Å². The molecule has 1 N–H and O–H groups in total. The van der Waals surface area contributed by atoms with E-state index in [1.807, 2.05) is 10.9 Å². The molecule has 4 heteroatoms. The van der Waals surface area contributed by atoms with E-state index in [2.05, 4.69) is 22.6 Å². The first-order valence-corrected chi connectivity index (χ1v) is 6.92. The zero-order chi connectivity index (χ0) is 11.7. The van der Waals surface area contributed by atoms with Gasteiger partial charge in [0.15, 0.2) is 0 Å². The third-order valence-corrected chi connectivity index (χ3v) is 4.57. The third-order valence-electron chi connectivity index (χ3n) is 4.57. The zero-order valence-corrected chi connectivity index (χ0v) is 10.7. The summed E-state index contributed by atoms with van der Waals surface area (Å²) in [4.78, 5) is 0. The predicted octanol–water partition coefficient (Wildman–Crippen LogP) is 2.11. The molecule has 0 atom stereocenters. The summed E-state index contributed by atoms with van der Waals surface area (Å²) in [5.41, 5.74) is 2.00. The van der Waals surface area contributed by atoms with Gasteiger partial charge in [0.05, 0.1) is 11.9 Å². The molecule has 1 spiro atoms. The Kier molecular flexibility index (Phi) is 2.90. The van der Waals surface area contributed by atoms with Gasteiger partial charge in [-0.2, -0.15) is 0 Å². The summed E-state index contributed by atoms with van der Waals surface area (Å²) in [5.74, 6) is 0. The van der Waals surface area contributed by atoms with Gasteiger partial charge in [-0.1, -0.05) is 5.21 Å². The highest BCUT2D eigenvalue weighted by Gasteiger charge is 2.44. The van der Waals surface area contributed by atoms with Crippen molar-refractivity contribution >= 4 is 0 Å². The SMILES string of the molecule is CCn1nncc1CNC1CCC2(CC1)CC2. The smallest absolute Gasteiger partial charge is 0.0738 e. The quantitative estimate of drug-likeness (QED) is 0.867. The Morgan fingerprint density at radius 1 is 1.35 bits per heavy atom. The number of hydrogen-bond acceptors (Lipinski definition) is 3. The minimum atomic E-state index is 0.710. The van der Waals surface area contributed by atoms with Crippen LogP contribution in [0.5, 0.6) is 0 Å². The Labute approximate surface area is 103 Å².